The number of carbonyl (C=O) groups excluding carboxylic acids is 1. The van der Waals surface area contributed by atoms with Gasteiger partial charge in [0.15, 0.2) is 0 Å². The van der Waals surface area contributed by atoms with Gasteiger partial charge in [-0.3, -0.25) is 4.79 Å². The number of hydrogen-bond acceptors (Lipinski definition) is 2. The molecule has 2 aromatic rings. The molecule has 2 aromatic carbocycles. The predicted octanol–water partition coefficient (Wildman–Crippen LogP) is 5.66. The van der Waals surface area contributed by atoms with Crippen LogP contribution in [0.15, 0.2) is 34.8 Å². The molecule has 0 aliphatic carbocycles. The lowest BCUT2D eigenvalue weighted by Crippen LogP contribution is -2.12. The fourth-order valence-corrected chi connectivity index (χ4v) is 2.87. The zero-order valence-corrected chi connectivity index (χ0v) is 15.8. The van der Waals surface area contributed by atoms with Gasteiger partial charge in [0.1, 0.15) is 11.6 Å². The van der Waals surface area contributed by atoms with E-state index in [-0.39, 0.29) is 11.7 Å². The Kier molecular flexibility index (Phi) is 6.63. The molecule has 0 fully saturated rings. The average molecular weight is 415 g/mol. The first-order chi connectivity index (χ1) is 11.4. The van der Waals surface area contributed by atoms with Crippen LogP contribution in [0, 0.1) is 19.7 Å². The van der Waals surface area contributed by atoms with Crippen molar-refractivity contribution in [3.8, 4) is 5.75 Å². The quantitative estimate of drug-likeness (QED) is 0.620. The summed E-state index contributed by atoms with van der Waals surface area (Å²) < 4.78 is 19.4. The predicted molar refractivity (Wildman–Crippen MR) is 98.4 cm³/mol. The Labute approximate surface area is 154 Å². The summed E-state index contributed by atoms with van der Waals surface area (Å²) in [4.78, 5) is 11.8. The van der Waals surface area contributed by atoms with E-state index in [9.17, 15) is 9.18 Å². The van der Waals surface area contributed by atoms with Crippen molar-refractivity contribution in [2.24, 2.45) is 0 Å². The van der Waals surface area contributed by atoms with E-state index in [0.717, 1.165) is 15.6 Å². The molecule has 0 aliphatic heterocycles. The summed E-state index contributed by atoms with van der Waals surface area (Å²) in [6, 6.07) is 7.54. The number of aryl methyl sites for hydroxylation is 1. The smallest absolute Gasteiger partial charge is 0.224 e. The van der Waals surface area contributed by atoms with Crippen molar-refractivity contribution >= 4 is 39.1 Å². The minimum absolute atomic E-state index is 0.132. The number of ether oxygens (including phenoxy) is 1. The lowest BCUT2D eigenvalue weighted by molar-refractivity contribution is -0.116. The summed E-state index contributed by atoms with van der Waals surface area (Å²) in [7, 11) is 0. The highest BCUT2D eigenvalue weighted by atomic mass is 79.9. The van der Waals surface area contributed by atoms with Crippen LogP contribution >= 0.6 is 27.5 Å². The average Bonchev–Trinajstić information content (AvgIpc) is 2.56. The molecule has 0 aromatic heterocycles. The largest absolute Gasteiger partial charge is 0.492 e. The number of carbonyl (C=O) groups is 1. The molecule has 6 heteroatoms. The Morgan fingerprint density at radius 1 is 1.29 bits per heavy atom. The number of benzene rings is 2. The minimum Gasteiger partial charge on any atom is -0.492 e. The monoisotopic (exact) mass is 413 g/mol. The van der Waals surface area contributed by atoms with E-state index in [1.807, 2.05) is 19.9 Å². The Bertz CT molecular complexity index is 735. The van der Waals surface area contributed by atoms with Gasteiger partial charge in [-0.15, -0.1) is 0 Å². The van der Waals surface area contributed by atoms with Crippen LogP contribution in [0.2, 0.25) is 5.02 Å². The van der Waals surface area contributed by atoms with Crippen LogP contribution in [0.5, 0.6) is 5.75 Å². The van der Waals surface area contributed by atoms with E-state index in [2.05, 4.69) is 21.2 Å². The number of rotatable bonds is 6. The van der Waals surface area contributed by atoms with Crippen LogP contribution in [0.4, 0.5) is 10.1 Å². The standard InChI is InChI=1S/C18H18BrClFNO2/c1-11-10-15(17(19)12(2)18(11)20)24-9-3-4-16(23)22-14-7-5-13(21)6-8-14/h5-8,10H,3-4,9H2,1-2H3,(H,22,23). The molecule has 0 heterocycles. The maximum Gasteiger partial charge on any atom is 0.224 e. The normalized spacial score (nSPS) is 10.5. The molecule has 128 valence electrons. The van der Waals surface area contributed by atoms with E-state index in [0.29, 0.717) is 35.9 Å². The zero-order valence-electron chi connectivity index (χ0n) is 13.5. The molecule has 1 amide bonds. The zero-order chi connectivity index (χ0) is 17.7. The van der Waals surface area contributed by atoms with E-state index in [1.165, 1.54) is 24.3 Å². The summed E-state index contributed by atoms with van der Waals surface area (Å²) in [6.45, 7) is 4.25. The topological polar surface area (TPSA) is 38.3 Å². The summed E-state index contributed by atoms with van der Waals surface area (Å²) in [5.74, 6) is 0.251. The van der Waals surface area contributed by atoms with E-state index >= 15 is 0 Å². The lowest BCUT2D eigenvalue weighted by atomic mass is 10.1. The summed E-state index contributed by atoms with van der Waals surface area (Å²) in [6.07, 6.45) is 0.890. The van der Waals surface area contributed by atoms with Gasteiger partial charge >= 0.3 is 0 Å². The third-order valence-electron chi connectivity index (χ3n) is 3.50. The van der Waals surface area contributed by atoms with Gasteiger partial charge in [-0.25, -0.2) is 4.39 Å². The molecule has 3 nitrogen and oxygen atoms in total. The minimum atomic E-state index is -0.333. The maximum absolute atomic E-state index is 12.8. The SMILES string of the molecule is Cc1cc(OCCCC(=O)Nc2ccc(F)cc2)c(Br)c(C)c1Cl. The van der Waals surface area contributed by atoms with Crippen molar-refractivity contribution in [2.45, 2.75) is 26.7 Å². The molecule has 1 N–H and O–H groups in total. The second kappa shape index (κ2) is 8.49. The summed E-state index contributed by atoms with van der Waals surface area (Å²) >= 11 is 9.66. The van der Waals surface area contributed by atoms with Crippen molar-refractivity contribution in [3.05, 3.63) is 56.8 Å². The molecule has 0 unspecified atom stereocenters. The molecule has 2 rings (SSSR count). The number of anilines is 1. The van der Waals surface area contributed by atoms with Gasteiger partial charge in [-0.2, -0.15) is 0 Å². The van der Waals surface area contributed by atoms with E-state index in [1.54, 1.807) is 0 Å². The van der Waals surface area contributed by atoms with Crippen LogP contribution in [-0.4, -0.2) is 12.5 Å². The molecule has 0 bridgehead atoms. The Morgan fingerprint density at radius 3 is 2.62 bits per heavy atom. The highest BCUT2D eigenvalue weighted by molar-refractivity contribution is 9.10. The van der Waals surface area contributed by atoms with Gasteiger partial charge in [0.25, 0.3) is 0 Å². The van der Waals surface area contributed by atoms with Crippen molar-refractivity contribution in [3.63, 3.8) is 0 Å². The molecule has 0 aliphatic rings. The fourth-order valence-electron chi connectivity index (χ4n) is 2.18. The second-order valence-electron chi connectivity index (χ2n) is 5.45. The molecule has 24 heavy (non-hydrogen) atoms. The van der Waals surface area contributed by atoms with Crippen LogP contribution in [0.1, 0.15) is 24.0 Å². The first-order valence-corrected chi connectivity index (χ1v) is 8.69. The first kappa shape index (κ1) is 18.7. The molecule has 0 spiro atoms. The first-order valence-electron chi connectivity index (χ1n) is 7.52. The van der Waals surface area contributed by atoms with Crippen molar-refractivity contribution in [1.29, 1.82) is 0 Å². The van der Waals surface area contributed by atoms with Crippen LogP contribution < -0.4 is 10.1 Å². The molecular weight excluding hydrogens is 397 g/mol. The van der Waals surface area contributed by atoms with Gasteiger partial charge in [0.2, 0.25) is 5.91 Å². The van der Waals surface area contributed by atoms with Crippen molar-refractivity contribution < 1.29 is 13.9 Å². The highest BCUT2D eigenvalue weighted by Crippen LogP contribution is 2.35. The van der Waals surface area contributed by atoms with Crippen LogP contribution in [-0.2, 0) is 4.79 Å². The fraction of sp³-hybridized carbons (Fsp3) is 0.278. The van der Waals surface area contributed by atoms with Crippen molar-refractivity contribution in [2.75, 3.05) is 11.9 Å². The van der Waals surface area contributed by atoms with Gasteiger partial charge in [-0.1, -0.05) is 11.6 Å². The van der Waals surface area contributed by atoms with Gasteiger partial charge in [0.05, 0.1) is 11.1 Å². The number of amides is 1. The molecule has 0 saturated carbocycles. The Hall–Kier alpha value is -1.59. The molecule has 0 atom stereocenters. The molecular formula is C18H18BrClFNO2. The summed E-state index contributed by atoms with van der Waals surface area (Å²) in [5, 5.41) is 3.43. The van der Waals surface area contributed by atoms with Crippen LogP contribution in [0.3, 0.4) is 0 Å². The van der Waals surface area contributed by atoms with E-state index < -0.39 is 0 Å². The Morgan fingerprint density at radius 2 is 1.96 bits per heavy atom. The highest BCUT2D eigenvalue weighted by Gasteiger charge is 2.11. The maximum atomic E-state index is 12.8. The number of nitrogens with one attached hydrogen (secondary N) is 1. The van der Waals surface area contributed by atoms with Crippen LogP contribution in [0.25, 0.3) is 0 Å². The van der Waals surface area contributed by atoms with Gasteiger partial charge in [-0.05, 0) is 77.7 Å². The summed E-state index contributed by atoms with van der Waals surface area (Å²) in [5.41, 5.74) is 2.45. The van der Waals surface area contributed by atoms with Gasteiger partial charge in [0, 0.05) is 17.1 Å². The Balaban J connectivity index is 1.81. The number of halogens is 3. The third kappa shape index (κ3) is 4.95. The third-order valence-corrected chi connectivity index (χ3v) is 5.07. The lowest BCUT2D eigenvalue weighted by Gasteiger charge is -2.13. The molecule has 0 saturated heterocycles. The number of hydrogen-bond donors (Lipinski definition) is 1. The van der Waals surface area contributed by atoms with Gasteiger partial charge < -0.3 is 10.1 Å². The van der Waals surface area contributed by atoms with Crippen molar-refractivity contribution in [1.82, 2.24) is 0 Å². The van der Waals surface area contributed by atoms with E-state index in [4.69, 9.17) is 16.3 Å². The second-order valence-corrected chi connectivity index (χ2v) is 6.62. The molecule has 0 radical (unpaired) electrons.